The smallest absolute Gasteiger partial charge is 0.309 e. The lowest BCUT2D eigenvalue weighted by Crippen LogP contribution is -2.36. The molecular formula is C28H26FNO5. The fourth-order valence-corrected chi connectivity index (χ4v) is 4.37. The molecule has 35 heavy (non-hydrogen) atoms. The van der Waals surface area contributed by atoms with Crippen LogP contribution in [0.5, 0.6) is 0 Å². The van der Waals surface area contributed by atoms with E-state index in [4.69, 9.17) is 0 Å². The van der Waals surface area contributed by atoms with Gasteiger partial charge in [-0.15, -0.1) is 0 Å². The highest BCUT2D eigenvalue weighted by molar-refractivity contribution is 6.21. The van der Waals surface area contributed by atoms with Crippen molar-refractivity contribution in [3.05, 3.63) is 94.8 Å². The SMILES string of the molecule is Cc1ccc(-c2ccc(CC[C@H](O)[C@@H](CCN3C(=O)c4ccccc4C3=O)C(=O)O)c(F)c2)cc1. The summed E-state index contributed by atoms with van der Waals surface area (Å²) in [6.07, 6.45) is -1.19. The fourth-order valence-electron chi connectivity index (χ4n) is 4.37. The molecule has 2 N–H and O–H groups in total. The van der Waals surface area contributed by atoms with Gasteiger partial charge < -0.3 is 10.2 Å². The van der Waals surface area contributed by atoms with Crippen LogP contribution >= 0.6 is 0 Å². The first-order chi connectivity index (χ1) is 16.8. The fraction of sp³-hybridized carbons (Fsp3) is 0.250. The van der Waals surface area contributed by atoms with Gasteiger partial charge in [-0.2, -0.15) is 0 Å². The molecule has 6 nitrogen and oxygen atoms in total. The number of fused-ring (bicyclic) bond motifs is 1. The Balaban J connectivity index is 1.37. The van der Waals surface area contributed by atoms with Crippen molar-refractivity contribution in [2.75, 3.05) is 6.54 Å². The quantitative estimate of drug-likeness (QED) is 0.445. The molecule has 0 aliphatic carbocycles. The van der Waals surface area contributed by atoms with E-state index in [1.807, 2.05) is 31.2 Å². The second kappa shape index (κ2) is 10.2. The molecule has 0 bridgehead atoms. The Hall–Kier alpha value is -3.84. The van der Waals surface area contributed by atoms with E-state index < -0.39 is 35.6 Å². The predicted octanol–water partition coefficient (Wildman–Crippen LogP) is 4.48. The molecule has 4 rings (SSSR count). The number of aryl methyl sites for hydroxylation is 2. The molecule has 0 unspecified atom stereocenters. The van der Waals surface area contributed by atoms with E-state index >= 15 is 0 Å². The molecule has 180 valence electrons. The molecule has 0 saturated carbocycles. The van der Waals surface area contributed by atoms with Crippen LogP contribution in [0.25, 0.3) is 11.1 Å². The van der Waals surface area contributed by atoms with Gasteiger partial charge in [0.25, 0.3) is 11.8 Å². The maximum absolute atomic E-state index is 14.7. The van der Waals surface area contributed by atoms with E-state index in [-0.39, 0.29) is 36.9 Å². The minimum Gasteiger partial charge on any atom is -0.481 e. The molecule has 1 aliphatic heterocycles. The molecule has 0 spiro atoms. The highest BCUT2D eigenvalue weighted by Gasteiger charge is 2.36. The van der Waals surface area contributed by atoms with E-state index in [0.717, 1.165) is 21.6 Å². The molecule has 3 aromatic carbocycles. The third kappa shape index (κ3) is 5.15. The summed E-state index contributed by atoms with van der Waals surface area (Å²) in [5.41, 5.74) is 3.68. The van der Waals surface area contributed by atoms with Gasteiger partial charge in [0.15, 0.2) is 0 Å². The van der Waals surface area contributed by atoms with Crippen LogP contribution < -0.4 is 0 Å². The standard InChI is InChI=1S/C28H26FNO5/c1-17-6-8-18(9-7-17)20-11-10-19(24(29)16-20)12-13-25(31)23(28(34)35)14-15-30-26(32)21-4-2-3-5-22(21)27(30)33/h2-11,16,23,25,31H,12-15H2,1H3,(H,34,35)/t23-,25+/m1/s1. The zero-order valence-electron chi connectivity index (χ0n) is 19.3. The van der Waals surface area contributed by atoms with Crippen molar-refractivity contribution in [1.82, 2.24) is 4.90 Å². The molecule has 0 radical (unpaired) electrons. The molecule has 7 heteroatoms. The number of imide groups is 1. The third-order valence-electron chi connectivity index (χ3n) is 6.47. The molecule has 2 atom stereocenters. The lowest BCUT2D eigenvalue weighted by atomic mass is 9.92. The zero-order chi connectivity index (χ0) is 25.1. The van der Waals surface area contributed by atoms with Crippen molar-refractivity contribution in [1.29, 1.82) is 0 Å². The first kappa shape index (κ1) is 24.3. The van der Waals surface area contributed by atoms with Gasteiger partial charge in [0.2, 0.25) is 0 Å². The number of nitrogens with zero attached hydrogens (tertiary/aromatic N) is 1. The van der Waals surface area contributed by atoms with Crippen molar-refractivity contribution in [2.45, 2.75) is 32.3 Å². The highest BCUT2D eigenvalue weighted by Crippen LogP contribution is 2.26. The summed E-state index contributed by atoms with van der Waals surface area (Å²) in [4.78, 5) is 37.8. The number of carboxylic acids is 1. The van der Waals surface area contributed by atoms with Crippen LogP contribution in [0.4, 0.5) is 4.39 Å². The number of halogens is 1. The highest BCUT2D eigenvalue weighted by atomic mass is 19.1. The maximum atomic E-state index is 14.7. The van der Waals surface area contributed by atoms with Gasteiger partial charge in [0.1, 0.15) is 5.82 Å². The Morgan fingerprint density at radius 1 is 0.914 bits per heavy atom. The molecule has 3 aromatic rings. The second-order valence-electron chi connectivity index (χ2n) is 8.82. The zero-order valence-corrected chi connectivity index (χ0v) is 19.3. The average molecular weight is 476 g/mol. The van der Waals surface area contributed by atoms with Crippen LogP contribution in [0.15, 0.2) is 66.7 Å². The molecule has 2 amide bonds. The van der Waals surface area contributed by atoms with Gasteiger partial charge in [-0.3, -0.25) is 19.3 Å². The van der Waals surface area contributed by atoms with Gasteiger partial charge in [-0.25, -0.2) is 4.39 Å². The maximum Gasteiger partial charge on any atom is 0.309 e. The summed E-state index contributed by atoms with van der Waals surface area (Å²) < 4.78 is 14.7. The van der Waals surface area contributed by atoms with E-state index in [9.17, 15) is 29.0 Å². The van der Waals surface area contributed by atoms with Gasteiger partial charge >= 0.3 is 5.97 Å². The van der Waals surface area contributed by atoms with E-state index in [1.54, 1.807) is 36.4 Å². The van der Waals surface area contributed by atoms with Crippen LogP contribution in [0.3, 0.4) is 0 Å². The monoisotopic (exact) mass is 475 g/mol. The third-order valence-corrected chi connectivity index (χ3v) is 6.47. The van der Waals surface area contributed by atoms with Crippen LogP contribution in [0.1, 0.15) is 44.7 Å². The number of carboxylic acid groups (broad SMARTS) is 1. The minimum absolute atomic E-state index is 0.0277. The topological polar surface area (TPSA) is 94.9 Å². The van der Waals surface area contributed by atoms with Crippen molar-refractivity contribution in [2.24, 2.45) is 5.92 Å². The number of aliphatic carboxylic acids is 1. The summed E-state index contributed by atoms with van der Waals surface area (Å²) in [6.45, 7) is 1.85. The van der Waals surface area contributed by atoms with Crippen LogP contribution in [0, 0.1) is 18.7 Å². The Kier molecular flexibility index (Phi) is 7.07. The van der Waals surface area contributed by atoms with Crippen LogP contribution in [0.2, 0.25) is 0 Å². The normalized spacial score (nSPS) is 14.7. The summed E-state index contributed by atoms with van der Waals surface area (Å²) >= 11 is 0. The number of aliphatic hydroxyl groups excluding tert-OH is 1. The second-order valence-corrected chi connectivity index (χ2v) is 8.82. The predicted molar refractivity (Wildman–Crippen MR) is 128 cm³/mol. The number of carbonyl (C=O) groups is 3. The Morgan fingerprint density at radius 3 is 2.09 bits per heavy atom. The number of amides is 2. The average Bonchev–Trinajstić information content (AvgIpc) is 3.08. The molecule has 0 fully saturated rings. The van der Waals surface area contributed by atoms with E-state index in [0.29, 0.717) is 5.56 Å². The lowest BCUT2D eigenvalue weighted by molar-refractivity contribution is -0.146. The summed E-state index contributed by atoms with van der Waals surface area (Å²) in [5.74, 6) is -3.80. The Bertz CT molecular complexity index is 1240. The first-order valence-corrected chi connectivity index (χ1v) is 11.5. The Morgan fingerprint density at radius 2 is 1.51 bits per heavy atom. The molecule has 1 aliphatic rings. The van der Waals surface area contributed by atoms with Crippen LogP contribution in [-0.4, -0.2) is 45.5 Å². The van der Waals surface area contributed by atoms with Gasteiger partial charge in [0.05, 0.1) is 23.1 Å². The van der Waals surface area contributed by atoms with Crippen LogP contribution in [-0.2, 0) is 11.2 Å². The number of hydrogen-bond donors (Lipinski definition) is 2. The number of carbonyl (C=O) groups excluding carboxylic acids is 2. The van der Waals surface area contributed by atoms with Crippen molar-refractivity contribution < 1.29 is 29.0 Å². The van der Waals surface area contributed by atoms with E-state index in [2.05, 4.69) is 0 Å². The molecular weight excluding hydrogens is 449 g/mol. The van der Waals surface area contributed by atoms with Gasteiger partial charge in [0, 0.05) is 6.54 Å². The number of aliphatic hydroxyl groups is 1. The summed E-state index contributed by atoms with van der Waals surface area (Å²) in [5, 5.41) is 20.2. The lowest BCUT2D eigenvalue weighted by Gasteiger charge is -2.22. The summed E-state index contributed by atoms with van der Waals surface area (Å²) in [7, 11) is 0. The first-order valence-electron chi connectivity index (χ1n) is 11.5. The number of hydrogen-bond acceptors (Lipinski definition) is 4. The number of rotatable bonds is 9. The molecule has 1 heterocycles. The Labute approximate surface area is 202 Å². The molecule has 0 saturated heterocycles. The van der Waals surface area contributed by atoms with Crippen molar-refractivity contribution in [3.63, 3.8) is 0 Å². The van der Waals surface area contributed by atoms with E-state index in [1.165, 1.54) is 6.07 Å². The van der Waals surface area contributed by atoms with Gasteiger partial charge in [-0.1, -0.05) is 54.1 Å². The minimum atomic E-state index is -1.26. The number of benzene rings is 3. The summed E-state index contributed by atoms with van der Waals surface area (Å²) in [6, 6.07) is 19.0. The van der Waals surface area contributed by atoms with Crippen molar-refractivity contribution >= 4 is 17.8 Å². The molecule has 0 aromatic heterocycles. The van der Waals surface area contributed by atoms with Gasteiger partial charge in [-0.05, 0) is 61.1 Å². The largest absolute Gasteiger partial charge is 0.481 e. The van der Waals surface area contributed by atoms with Crippen molar-refractivity contribution in [3.8, 4) is 11.1 Å².